The van der Waals surface area contributed by atoms with E-state index in [-0.39, 0.29) is 12.1 Å². The molecule has 1 N–H and O–H groups in total. The molecule has 1 rings (SSSR count). The Morgan fingerprint density at radius 2 is 1.77 bits per heavy atom. The minimum atomic E-state index is -0.207. The molecule has 130 valence electrons. The fourth-order valence-electron chi connectivity index (χ4n) is 2.76. The Morgan fingerprint density at radius 1 is 1.14 bits per heavy atom. The largest absolute Gasteiger partial charge is 0.466 e. The first-order valence-electron chi connectivity index (χ1n) is 8.86. The van der Waals surface area contributed by atoms with Crippen LogP contribution in [0.25, 0.3) is 0 Å². The average molecular weight is 315 g/mol. The molecular weight excluding hydrogens is 282 g/mol. The van der Waals surface area contributed by atoms with Gasteiger partial charge in [0, 0.05) is 26.1 Å². The molecule has 0 bridgehead atoms. The molecule has 1 aliphatic rings. The first-order valence-corrected chi connectivity index (χ1v) is 8.86. The number of rotatable bonds is 12. The van der Waals surface area contributed by atoms with Gasteiger partial charge in [-0.15, -0.1) is 0 Å². The summed E-state index contributed by atoms with van der Waals surface area (Å²) >= 11 is 0. The van der Waals surface area contributed by atoms with Crippen LogP contribution < -0.4 is 0 Å². The lowest BCUT2D eigenvalue weighted by Gasteiger charge is -2.28. The van der Waals surface area contributed by atoms with Gasteiger partial charge in [0.1, 0.15) is 0 Å². The van der Waals surface area contributed by atoms with Crippen molar-refractivity contribution in [1.82, 2.24) is 4.90 Å². The smallest absolute Gasteiger partial charge is 0.305 e. The molecule has 5 nitrogen and oxygen atoms in total. The summed E-state index contributed by atoms with van der Waals surface area (Å²) in [5, 5.41) is 10.0. The van der Waals surface area contributed by atoms with Gasteiger partial charge in [0.05, 0.1) is 25.9 Å². The molecule has 0 aromatic rings. The summed E-state index contributed by atoms with van der Waals surface area (Å²) in [6, 6.07) is 0. The fraction of sp³-hybridized carbons (Fsp3) is 0.941. The highest BCUT2D eigenvalue weighted by atomic mass is 16.5. The highest BCUT2D eigenvalue weighted by Gasteiger charge is 2.14. The summed E-state index contributed by atoms with van der Waals surface area (Å²) < 4.78 is 10.2. The highest BCUT2D eigenvalue weighted by Crippen LogP contribution is 2.11. The van der Waals surface area contributed by atoms with E-state index in [1.807, 2.05) is 6.92 Å². The molecule has 22 heavy (non-hydrogen) atoms. The molecule has 1 atom stereocenters. The standard InChI is InChI=1S/C17H33NO4/c1-2-22-17(20)10-8-6-4-3-5-7-9-16(19)15-18-11-13-21-14-12-18/h16,19H,2-15H2,1H3. The molecule has 0 aliphatic carbocycles. The minimum Gasteiger partial charge on any atom is -0.466 e. The first-order chi connectivity index (χ1) is 10.7. The van der Waals surface area contributed by atoms with Crippen molar-refractivity contribution in [2.24, 2.45) is 0 Å². The Bertz CT molecular complexity index is 280. The van der Waals surface area contributed by atoms with Crippen LogP contribution in [0.2, 0.25) is 0 Å². The fourth-order valence-corrected chi connectivity index (χ4v) is 2.76. The third kappa shape index (κ3) is 10.1. The van der Waals surface area contributed by atoms with Crippen LogP contribution in [-0.4, -0.2) is 61.5 Å². The molecular formula is C17H33NO4. The van der Waals surface area contributed by atoms with Crippen LogP contribution >= 0.6 is 0 Å². The average Bonchev–Trinajstić information content (AvgIpc) is 2.51. The van der Waals surface area contributed by atoms with Crippen molar-refractivity contribution in [3.8, 4) is 0 Å². The van der Waals surface area contributed by atoms with Gasteiger partial charge in [-0.1, -0.05) is 32.1 Å². The second kappa shape index (κ2) is 12.9. The Labute approximate surface area is 135 Å². The van der Waals surface area contributed by atoms with E-state index < -0.39 is 0 Å². The van der Waals surface area contributed by atoms with Crippen molar-refractivity contribution < 1.29 is 19.4 Å². The number of aliphatic hydroxyl groups excluding tert-OH is 1. The zero-order valence-electron chi connectivity index (χ0n) is 14.1. The van der Waals surface area contributed by atoms with Crippen molar-refractivity contribution in [2.45, 2.75) is 64.4 Å². The van der Waals surface area contributed by atoms with Gasteiger partial charge in [0.15, 0.2) is 0 Å². The summed E-state index contributed by atoms with van der Waals surface area (Å²) in [6.45, 7) is 6.56. The van der Waals surface area contributed by atoms with Crippen molar-refractivity contribution in [1.29, 1.82) is 0 Å². The quantitative estimate of drug-likeness (QED) is 0.442. The molecule has 0 radical (unpaired) electrons. The Hall–Kier alpha value is -0.650. The molecule has 0 aromatic heterocycles. The number of ether oxygens (including phenoxy) is 2. The van der Waals surface area contributed by atoms with Crippen LogP contribution in [0.1, 0.15) is 58.3 Å². The maximum absolute atomic E-state index is 11.2. The Kier molecular flexibility index (Phi) is 11.3. The van der Waals surface area contributed by atoms with Crippen molar-refractivity contribution in [2.75, 3.05) is 39.5 Å². The molecule has 1 unspecified atom stereocenters. The lowest BCUT2D eigenvalue weighted by Crippen LogP contribution is -2.40. The number of hydrogen-bond donors (Lipinski definition) is 1. The zero-order valence-corrected chi connectivity index (χ0v) is 14.1. The van der Waals surface area contributed by atoms with Gasteiger partial charge in [0.25, 0.3) is 0 Å². The number of esters is 1. The first kappa shape index (κ1) is 19.4. The maximum Gasteiger partial charge on any atom is 0.305 e. The normalized spacial score (nSPS) is 17.4. The summed E-state index contributed by atoms with van der Waals surface area (Å²) in [5.41, 5.74) is 0. The molecule has 1 aliphatic heterocycles. The number of β-amino-alcohol motifs (C(OH)–C–C–N with tert-alkyl or cyclic N) is 1. The number of aliphatic hydroxyl groups is 1. The molecule has 1 saturated heterocycles. The van der Waals surface area contributed by atoms with Gasteiger partial charge in [-0.3, -0.25) is 9.69 Å². The predicted octanol–water partition coefficient (Wildman–Crippen LogP) is 2.36. The Balaban J connectivity index is 1.85. The van der Waals surface area contributed by atoms with Crippen LogP contribution in [0.3, 0.4) is 0 Å². The number of unbranched alkanes of at least 4 members (excludes halogenated alkanes) is 5. The van der Waals surface area contributed by atoms with Crippen molar-refractivity contribution in [3.63, 3.8) is 0 Å². The SMILES string of the molecule is CCOC(=O)CCCCCCCCC(O)CN1CCOCC1. The topological polar surface area (TPSA) is 59.0 Å². The van der Waals surface area contributed by atoms with E-state index in [2.05, 4.69) is 4.90 Å². The van der Waals surface area contributed by atoms with E-state index >= 15 is 0 Å². The third-order valence-electron chi connectivity index (χ3n) is 4.05. The van der Waals surface area contributed by atoms with Crippen LogP contribution in [0.5, 0.6) is 0 Å². The summed E-state index contributed by atoms with van der Waals surface area (Å²) in [5.74, 6) is -0.0752. The minimum absolute atomic E-state index is 0.0752. The van der Waals surface area contributed by atoms with Crippen LogP contribution in [0.15, 0.2) is 0 Å². The predicted molar refractivity (Wildman–Crippen MR) is 86.8 cm³/mol. The number of morpholine rings is 1. The lowest BCUT2D eigenvalue weighted by atomic mass is 10.1. The molecule has 0 spiro atoms. The second-order valence-electron chi connectivity index (χ2n) is 6.03. The summed E-state index contributed by atoms with van der Waals surface area (Å²) in [4.78, 5) is 13.4. The molecule has 0 amide bonds. The van der Waals surface area contributed by atoms with E-state index in [0.29, 0.717) is 13.0 Å². The van der Waals surface area contributed by atoms with Crippen molar-refractivity contribution in [3.05, 3.63) is 0 Å². The van der Waals surface area contributed by atoms with E-state index in [1.54, 1.807) is 0 Å². The molecule has 0 saturated carbocycles. The van der Waals surface area contributed by atoms with Crippen LogP contribution in [-0.2, 0) is 14.3 Å². The highest BCUT2D eigenvalue weighted by molar-refractivity contribution is 5.69. The molecule has 1 fully saturated rings. The van der Waals surface area contributed by atoms with Gasteiger partial charge in [0.2, 0.25) is 0 Å². The van der Waals surface area contributed by atoms with Crippen LogP contribution in [0, 0.1) is 0 Å². The molecule has 0 aromatic carbocycles. The van der Waals surface area contributed by atoms with Gasteiger partial charge in [-0.05, 0) is 19.8 Å². The number of nitrogens with zero attached hydrogens (tertiary/aromatic N) is 1. The monoisotopic (exact) mass is 315 g/mol. The summed E-state index contributed by atoms with van der Waals surface area (Å²) in [6.07, 6.45) is 7.86. The van der Waals surface area contributed by atoms with E-state index in [9.17, 15) is 9.90 Å². The second-order valence-corrected chi connectivity index (χ2v) is 6.03. The number of carbonyl (C=O) groups is 1. The maximum atomic E-state index is 11.2. The van der Waals surface area contributed by atoms with E-state index in [0.717, 1.165) is 58.5 Å². The van der Waals surface area contributed by atoms with Crippen molar-refractivity contribution >= 4 is 5.97 Å². The van der Waals surface area contributed by atoms with Crippen LogP contribution in [0.4, 0.5) is 0 Å². The van der Waals surface area contributed by atoms with Gasteiger partial charge >= 0.3 is 5.97 Å². The molecule has 5 heteroatoms. The lowest BCUT2D eigenvalue weighted by molar-refractivity contribution is -0.143. The summed E-state index contributed by atoms with van der Waals surface area (Å²) in [7, 11) is 0. The van der Waals surface area contributed by atoms with Gasteiger partial charge in [-0.2, -0.15) is 0 Å². The Morgan fingerprint density at radius 3 is 2.45 bits per heavy atom. The zero-order chi connectivity index (χ0) is 16.0. The van der Waals surface area contributed by atoms with E-state index in [4.69, 9.17) is 9.47 Å². The number of hydrogen-bond acceptors (Lipinski definition) is 5. The van der Waals surface area contributed by atoms with Gasteiger partial charge < -0.3 is 14.6 Å². The number of carbonyl (C=O) groups excluding carboxylic acids is 1. The third-order valence-corrected chi connectivity index (χ3v) is 4.05. The van der Waals surface area contributed by atoms with E-state index in [1.165, 1.54) is 19.3 Å². The molecule has 1 heterocycles. The van der Waals surface area contributed by atoms with Gasteiger partial charge in [-0.25, -0.2) is 0 Å².